The van der Waals surface area contributed by atoms with E-state index in [4.69, 9.17) is 0 Å². The van der Waals surface area contributed by atoms with Crippen molar-refractivity contribution < 1.29 is 9.72 Å². The zero-order chi connectivity index (χ0) is 12.3. The first-order valence-electron chi connectivity index (χ1n) is 5.03. The molecule has 1 heterocycles. The molecule has 1 aromatic carbocycles. The Morgan fingerprint density at radius 3 is 3.06 bits per heavy atom. The zero-order valence-corrected chi connectivity index (χ0v) is 9.70. The lowest BCUT2D eigenvalue weighted by Crippen LogP contribution is -2.37. The van der Waals surface area contributed by atoms with Crippen molar-refractivity contribution in [2.75, 3.05) is 16.9 Å². The molecule has 0 saturated carbocycles. The van der Waals surface area contributed by atoms with Crippen LogP contribution >= 0.6 is 11.8 Å². The highest BCUT2D eigenvalue weighted by Gasteiger charge is 2.22. The number of nitro groups is 1. The summed E-state index contributed by atoms with van der Waals surface area (Å²) >= 11 is 1.65. The first kappa shape index (κ1) is 11.9. The van der Waals surface area contributed by atoms with Crippen molar-refractivity contribution in [1.29, 1.82) is 0 Å². The number of carbonyl (C=O) groups is 1. The van der Waals surface area contributed by atoms with E-state index in [9.17, 15) is 14.9 Å². The normalized spacial score (nSPS) is 18.9. The SMILES string of the molecule is O=C(Nc1cccc([N+](=O)[O-])c1)[C@@H]1CSCN1. The molecule has 0 aliphatic carbocycles. The maximum absolute atomic E-state index is 11.7. The number of hydrogen-bond donors (Lipinski definition) is 2. The van der Waals surface area contributed by atoms with Crippen LogP contribution in [0.4, 0.5) is 11.4 Å². The quantitative estimate of drug-likeness (QED) is 0.624. The van der Waals surface area contributed by atoms with Gasteiger partial charge in [-0.1, -0.05) is 6.07 Å². The molecule has 2 rings (SSSR count). The lowest BCUT2D eigenvalue weighted by molar-refractivity contribution is -0.384. The number of nitro benzene ring substituents is 1. The van der Waals surface area contributed by atoms with Gasteiger partial charge in [0.05, 0.1) is 11.0 Å². The maximum atomic E-state index is 11.7. The molecule has 6 nitrogen and oxygen atoms in total. The minimum atomic E-state index is -0.487. The molecule has 0 bridgehead atoms. The third kappa shape index (κ3) is 2.95. The molecule has 1 amide bonds. The summed E-state index contributed by atoms with van der Waals surface area (Å²) in [6, 6.07) is 5.69. The highest BCUT2D eigenvalue weighted by molar-refractivity contribution is 7.99. The van der Waals surface area contributed by atoms with Gasteiger partial charge in [0.1, 0.15) is 0 Å². The predicted molar refractivity (Wildman–Crippen MR) is 66.0 cm³/mol. The molecule has 1 fully saturated rings. The molecule has 2 N–H and O–H groups in total. The van der Waals surface area contributed by atoms with Crippen LogP contribution in [-0.4, -0.2) is 28.5 Å². The highest BCUT2D eigenvalue weighted by atomic mass is 32.2. The molecule has 0 aromatic heterocycles. The minimum Gasteiger partial charge on any atom is -0.324 e. The summed E-state index contributed by atoms with van der Waals surface area (Å²) in [6.07, 6.45) is 0. The van der Waals surface area contributed by atoms with E-state index < -0.39 is 4.92 Å². The summed E-state index contributed by atoms with van der Waals surface area (Å²) in [5.41, 5.74) is 0.416. The largest absolute Gasteiger partial charge is 0.324 e. The van der Waals surface area contributed by atoms with E-state index >= 15 is 0 Å². The summed E-state index contributed by atoms with van der Waals surface area (Å²) in [6.45, 7) is 0. The fraction of sp³-hybridized carbons (Fsp3) is 0.300. The average molecular weight is 253 g/mol. The predicted octanol–water partition coefficient (Wildman–Crippen LogP) is 1.20. The van der Waals surface area contributed by atoms with Gasteiger partial charge in [-0.3, -0.25) is 20.2 Å². The van der Waals surface area contributed by atoms with E-state index in [2.05, 4.69) is 10.6 Å². The number of nitrogens with one attached hydrogen (secondary N) is 2. The number of nitrogens with zero attached hydrogens (tertiary/aromatic N) is 1. The second-order valence-corrected chi connectivity index (χ2v) is 4.60. The van der Waals surface area contributed by atoms with Gasteiger partial charge in [-0.25, -0.2) is 0 Å². The molecular weight excluding hydrogens is 242 g/mol. The lowest BCUT2D eigenvalue weighted by atomic mass is 10.2. The molecule has 17 heavy (non-hydrogen) atoms. The molecule has 0 spiro atoms. The summed E-state index contributed by atoms with van der Waals surface area (Å²) < 4.78 is 0. The van der Waals surface area contributed by atoms with Gasteiger partial charge < -0.3 is 5.32 Å². The van der Waals surface area contributed by atoms with Crippen molar-refractivity contribution in [2.24, 2.45) is 0 Å². The van der Waals surface area contributed by atoms with Crippen molar-refractivity contribution in [2.45, 2.75) is 6.04 Å². The molecule has 1 aliphatic heterocycles. The molecule has 7 heteroatoms. The van der Waals surface area contributed by atoms with Crippen molar-refractivity contribution >= 4 is 29.0 Å². The van der Waals surface area contributed by atoms with E-state index in [1.165, 1.54) is 12.1 Å². The molecule has 0 radical (unpaired) electrons. The van der Waals surface area contributed by atoms with Crippen LogP contribution < -0.4 is 10.6 Å². The Morgan fingerprint density at radius 1 is 1.59 bits per heavy atom. The first-order chi connectivity index (χ1) is 8.16. The van der Waals surface area contributed by atoms with E-state index in [0.29, 0.717) is 5.69 Å². The standard InChI is InChI=1S/C10H11N3O3S/c14-10(9-5-17-6-11-9)12-7-2-1-3-8(4-7)13(15)16/h1-4,9,11H,5-6H2,(H,12,14)/t9-/m0/s1. The van der Waals surface area contributed by atoms with Gasteiger partial charge in [-0.05, 0) is 6.07 Å². The summed E-state index contributed by atoms with van der Waals surface area (Å²) in [5.74, 6) is 1.32. The number of hydrogen-bond acceptors (Lipinski definition) is 5. The number of thioether (sulfide) groups is 1. The van der Waals surface area contributed by atoms with Crippen LogP contribution in [0.1, 0.15) is 0 Å². The molecular formula is C10H11N3O3S. The Bertz CT molecular complexity index is 446. The van der Waals surface area contributed by atoms with Crippen LogP contribution in [-0.2, 0) is 4.79 Å². The average Bonchev–Trinajstić information content (AvgIpc) is 2.82. The van der Waals surface area contributed by atoms with Crippen molar-refractivity contribution in [3.05, 3.63) is 34.4 Å². The Kier molecular flexibility index (Phi) is 3.60. The number of non-ortho nitro benzene ring substituents is 1. The second-order valence-electron chi connectivity index (χ2n) is 3.57. The van der Waals surface area contributed by atoms with Gasteiger partial charge in [0.15, 0.2) is 0 Å². The molecule has 1 aromatic rings. The van der Waals surface area contributed by atoms with E-state index in [-0.39, 0.29) is 17.6 Å². The van der Waals surface area contributed by atoms with E-state index in [1.807, 2.05) is 0 Å². The van der Waals surface area contributed by atoms with Crippen molar-refractivity contribution in [1.82, 2.24) is 5.32 Å². The number of rotatable bonds is 3. The van der Waals surface area contributed by atoms with E-state index in [0.717, 1.165) is 11.6 Å². The summed E-state index contributed by atoms with van der Waals surface area (Å²) in [4.78, 5) is 21.8. The third-order valence-electron chi connectivity index (χ3n) is 2.36. The third-order valence-corrected chi connectivity index (χ3v) is 3.30. The number of amides is 1. The van der Waals surface area contributed by atoms with Crippen LogP contribution in [0.3, 0.4) is 0 Å². The molecule has 90 valence electrons. The summed E-state index contributed by atoms with van der Waals surface area (Å²) in [5, 5.41) is 16.3. The van der Waals surface area contributed by atoms with Crippen molar-refractivity contribution in [3.63, 3.8) is 0 Å². The Hall–Kier alpha value is -1.60. The van der Waals surface area contributed by atoms with Gasteiger partial charge in [-0.15, -0.1) is 11.8 Å². The molecule has 1 saturated heterocycles. The highest BCUT2D eigenvalue weighted by Crippen LogP contribution is 2.18. The fourth-order valence-corrected chi connectivity index (χ4v) is 2.43. The lowest BCUT2D eigenvalue weighted by Gasteiger charge is -2.10. The minimum absolute atomic E-state index is 0.0310. The monoisotopic (exact) mass is 253 g/mol. The zero-order valence-electron chi connectivity index (χ0n) is 8.88. The fourth-order valence-electron chi connectivity index (χ4n) is 1.49. The number of benzene rings is 1. The van der Waals surface area contributed by atoms with Crippen LogP contribution in [0.5, 0.6) is 0 Å². The van der Waals surface area contributed by atoms with Gasteiger partial charge >= 0.3 is 0 Å². The molecule has 1 aliphatic rings. The first-order valence-corrected chi connectivity index (χ1v) is 6.19. The number of anilines is 1. The van der Waals surface area contributed by atoms with Gasteiger partial charge in [0.25, 0.3) is 5.69 Å². The summed E-state index contributed by atoms with van der Waals surface area (Å²) in [7, 11) is 0. The van der Waals surface area contributed by atoms with Crippen molar-refractivity contribution in [3.8, 4) is 0 Å². The number of carbonyl (C=O) groups excluding carboxylic acids is 1. The smallest absolute Gasteiger partial charge is 0.271 e. The van der Waals surface area contributed by atoms with Gasteiger partial charge in [-0.2, -0.15) is 0 Å². The van der Waals surface area contributed by atoms with Gasteiger partial charge in [0.2, 0.25) is 5.91 Å². The Labute approximate surface area is 102 Å². The van der Waals surface area contributed by atoms with Crippen LogP contribution in [0, 0.1) is 10.1 Å². The van der Waals surface area contributed by atoms with Crippen LogP contribution in [0.25, 0.3) is 0 Å². The molecule has 1 atom stereocenters. The molecule has 0 unspecified atom stereocenters. The Balaban J connectivity index is 2.05. The van der Waals surface area contributed by atoms with Gasteiger partial charge in [0, 0.05) is 29.4 Å². The maximum Gasteiger partial charge on any atom is 0.271 e. The van der Waals surface area contributed by atoms with Crippen LogP contribution in [0.15, 0.2) is 24.3 Å². The topological polar surface area (TPSA) is 84.3 Å². The second kappa shape index (κ2) is 5.15. The Morgan fingerprint density at radius 2 is 2.41 bits per heavy atom. The van der Waals surface area contributed by atoms with E-state index in [1.54, 1.807) is 23.9 Å². The van der Waals surface area contributed by atoms with Crippen LogP contribution in [0.2, 0.25) is 0 Å².